The van der Waals surface area contributed by atoms with Crippen molar-refractivity contribution in [2.75, 3.05) is 7.11 Å². The summed E-state index contributed by atoms with van der Waals surface area (Å²) in [6.45, 7) is 2.99. The molecule has 0 aromatic heterocycles. The van der Waals surface area contributed by atoms with Gasteiger partial charge in [-0.1, -0.05) is 11.6 Å². The summed E-state index contributed by atoms with van der Waals surface area (Å²) in [6.07, 6.45) is 0. The smallest absolute Gasteiger partial charge is 0.153 e. The van der Waals surface area contributed by atoms with Gasteiger partial charge in [-0.2, -0.15) is 0 Å². The maximum atomic E-state index is 13.7. The van der Waals surface area contributed by atoms with Crippen molar-refractivity contribution in [3.63, 3.8) is 0 Å². The van der Waals surface area contributed by atoms with Crippen molar-refractivity contribution in [3.8, 4) is 5.75 Å². The molecule has 1 aromatic carbocycles. The molecular weight excluding hydrogens is 224 g/mol. The molecule has 5 heteroatoms. The van der Waals surface area contributed by atoms with Crippen LogP contribution in [0.15, 0.2) is 6.07 Å². The molecule has 2 nitrogen and oxygen atoms in total. The van der Waals surface area contributed by atoms with E-state index in [4.69, 9.17) is 22.1 Å². The van der Waals surface area contributed by atoms with Gasteiger partial charge in [-0.15, -0.1) is 0 Å². The molecule has 0 spiro atoms. The quantitative estimate of drug-likeness (QED) is 0.800. The molecule has 2 N–H and O–H groups in total. The van der Waals surface area contributed by atoms with Crippen LogP contribution in [0.1, 0.15) is 19.4 Å². The van der Waals surface area contributed by atoms with Gasteiger partial charge in [-0.05, 0) is 13.8 Å². The summed E-state index contributed by atoms with van der Waals surface area (Å²) in [5.41, 5.74) is 4.26. The molecule has 0 fully saturated rings. The highest BCUT2D eigenvalue weighted by molar-refractivity contribution is 6.32. The fraction of sp³-hybridized carbons (Fsp3) is 0.400. The molecule has 0 heterocycles. The molecule has 1 aromatic rings. The standard InChI is InChI=1S/C10H12ClF2NO/c1-10(2,14)7-5(12)4-6(15-3)8(11)9(7)13/h4H,14H2,1-3H3. The zero-order valence-electron chi connectivity index (χ0n) is 8.70. The second kappa shape index (κ2) is 3.94. The predicted octanol–water partition coefficient (Wildman–Crippen LogP) is 2.82. The largest absolute Gasteiger partial charge is 0.495 e. The van der Waals surface area contributed by atoms with Crippen molar-refractivity contribution < 1.29 is 13.5 Å². The number of nitrogens with two attached hydrogens (primary N) is 1. The highest BCUT2D eigenvalue weighted by Crippen LogP contribution is 2.35. The van der Waals surface area contributed by atoms with E-state index in [1.54, 1.807) is 0 Å². The van der Waals surface area contributed by atoms with Gasteiger partial charge in [0.05, 0.1) is 7.11 Å². The molecule has 0 bridgehead atoms. The van der Waals surface area contributed by atoms with E-state index in [1.807, 2.05) is 0 Å². The molecule has 0 radical (unpaired) electrons. The molecule has 0 saturated carbocycles. The van der Waals surface area contributed by atoms with Crippen LogP contribution in [0.2, 0.25) is 5.02 Å². The van der Waals surface area contributed by atoms with Crippen LogP contribution < -0.4 is 10.5 Å². The highest BCUT2D eigenvalue weighted by Gasteiger charge is 2.27. The van der Waals surface area contributed by atoms with Crippen LogP contribution in [-0.4, -0.2) is 7.11 Å². The van der Waals surface area contributed by atoms with E-state index in [0.29, 0.717) is 0 Å². The van der Waals surface area contributed by atoms with Crippen LogP contribution in [0, 0.1) is 11.6 Å². The van der Waals surface area contributed by atoms with E-state index >= 15 is 0 Å². The summed E-state index contributed by atoms with van der Waals surface area (Å²) in [5.74, 6) is -1.68. The Bertz CT molecular complexity index is 388. The second-order valence-corrected chi connectivity index (χ2v) is 4.16. The molecule has 0 saturated heterocycles. The SMILES string of the molecule is COc1cc(F)c(C(C)(C)N)c(F)c1Cl. The first-order chi connectivity index (χ1) is 6.79. The van der Waals surface area contributed by atoms with Gasteiger partial charge >= 0.3 is 0 Å². The number of benzene rings is 1. The van der Waals surface area contributed by atoms with Gasteiger partial charge in [0.15, 0.2) is 5.82 Å². The zero-order valence-corrected chi connectivity index (χ0v) is 9.45. The fourth-order valence-corrected chi connectivity index (χ4v) is 1.54. The van der Waals surface area contributed by atoms with Crippen LogP contribution >= 0.6 is 11.6 Å². The maximum absolute atomic E-state index is 13.7. The van der Waals surface area contributed by atoms with Gasteiger partial charge in [0, 0.05) is 17.2 Å². The third-order valence-electron chi connectivity index (χ3n) is 1.99. The lowest BCUT2D eigenvalue weighted by molar-refractivity contribution is 0.398. The summed E-state index contributed by atoms with van der Waals surface area (Å²) < 4.78 is 31.9. The summed E-state index contributed by atoms with van der Waals surface area (Å²) in [4.78, 5) is 0. The van der Waals surface area contributed by atoms with E-state index in [9.17, 15) is 8.78 Å². The summed E-state index contributed by atoms with van der Waals surface area (Å²) in [7, 11) is 1.29. The van der Waals surface area contributed by atoms with Crippen LogP contribution in [0.5, 0.6) is 5.75 Å². The Hall–Kier alpha value is -0.870. The average molecular weight is 236 g/mol. The van der Waals surface area contributed by atoms with E-state index in [2.05, 4.69) is 0 Å². The zero-order chi connectivity index (χ0) is 11.8. The molecule has 0 aliphatic heterocycles. The Morgan fingerprint density at radius 1 is 1.40 bits per heavy atom. The first-order valence-corrected chi connectivity index (χ1v) is 4.67. The molecule has 0 atom stereocenters. The van der Waals surface area contributed by atoms with Crippen LogP contribution in [0.3, 0.4) is 0 Å². The van der Waals surface area contributed by atoms with Crippen molar-refractivity contribution in [2.24, 2.45) is 5.73 Å². The third kappa shape index (κ3) is 2.21. The minimum absolute atomic E-state index is 0.0420. The van der Waals surface area contributed by atoms with Gasteiger partial charge < -0.3 is 10.5 Å². The number of hydrogen-bond donors (Lipinski definition) is 1. The summed E-state index contributed by atoms with van der Waals surface area (Å²) in [6, 6.07) is 1.02. The molecule has 0 unspecified atom stereocenters. The number of rotatable bonds is 2. The van der Waals surface area contributed by atoms with Crippen LogP contribution in [-0.2, 0) is 5.54 Å². The minimum Gasteiger partial charge on any atom is -0.495 e. The van der Waals surface area contributed by atoms with E-state index in [-0.39, 0.29) is 16.3 Å². The molecule has 0 aliphatic carbocycles. The Morgan fingerprint density at radius 2 is 1.93 bits per heavy atom. The normalized spacial score (nSPS) is 11.7. The fourth-order valence-electron chi connectivity index (χ4n) is 1.31. The predicted molar refractivity (Wildman–Crippen MR) is 55.1 cm³/mol. The van der Waals surface area contributed by atoms with Crippen LogP contribution in [0.25, 0.3) is 0 Å². The van der Waals surface area contributed by atoms with E-state index in [1.165, 1.54) is 21.0 Å². The maximum Gasteiger partial charge on any atom is 0.153 e. The first-order valence-electron chi connectivity index (χ1n) is 4.30. The van der Waals surface area contributed by atoms with Crippen molar-refractivity contribution in [1.82, 2.24) is 0 Å². The van der Waals surface area contributed by atoms with E-state index < -0.39 is 17.2 Å². The lowest BCUT2D eigenvalue weighted by atomic mass is 9.94. The van der Waals surface area contributed by atoms with Gasteiger partial charge in [-0.25, -0.2) is 8.78 Å². The van der Waals surface area contributed by atoms with Crippen molar-refractivity contribution >= 4 is 11.6 Å². The Labute approximate surface area is 92.0 Å². The number of ether oxygens (including phenoxy) is 1. The molecule has 0 amide bonds. The topological polar surface area (TPSA) is 35.2 Å². The van der Waals surface area contributed by atoms with Crippen molar-refractivity contribution in [3.05, 3.63) is 28.3 Å². The lowest BCUT2D eigenvalue weighted by Crippen LogP contribution is -2.31. The third-order valence-corrected chi connectivity index (χ3v) is 2.34. The Morgan fingerprint density at radius 3 is 2.33 bits per heavy atom. The molecule has 1 rings (SSSR count). The number of methoxy groups -OCH3 is 1. The molecule has 84 valence electrons. The van der Waals surface area contributed by atoms with Gasteiger partial charge in [0.2, 0.25) is 0 Å². The first kappa shape index (κ1) is 12.2. The minimum atomic E-state index is -1.13. The number of halogens is 3. The molecule has 0 aliphatic rings. The Balaban J connectivity index is 3.50. The lowest BCUT2D eigenvalue weighted by Gasteiger charge is -2.21. The average Bonchev–Trinajstić information content (AvgIpc) is 2.09. The van der Waals surface area contributed by atoms with Crippen molar-refractivity contribution in [2.45, 2.75) is 19.4 Å². The monoisotopic (exact) mass is 235 g/mol. The van der Waals surface area contributed by atoms with E-state index in [0.717, 1.165) is 6.07 Å². The van der Waals surface area contributed by atoms with Crippen molar-refractivity contribution in [1.29, 1.82) is 0 Å². The number of hydrogen-bond acceptors (Lipinski definition) is 2. The highest BCUT2D eigenvalue weighted by atomic mass is 35.5. The van der Waals surface area contributed by atoms with Gasteiger partial charge in [-0.3, -0.25) is 0 Å². The summed E-state index contributed by atoms with van der Waals surface area (Å²) in [5, 5.41) is -0.257. The Kier molecular flexibility index (Phi) is 3.21. The van der Waals surface area contributed by atoms with Crippen LogP contribution in [0.4, 0.5) is 8.78 Å². The summed E-state index contributed by atoms with van der Waals surface area (Å²) >= 11 is 5.65. The van der Waals surface area contributed by atoms with Gasteiger partial charge in [0.1, 0.15) is 16.6 Å². The molecular formula is C10H12ClF2NO. The van der Waals surface area contributed by atoms with Gasteiger partial charge in [0.25, 0.3) is 0 Å². The molecule has 15 heavy (non-hydrogen) atoms. The second-order valence-electron chi connectivity index (χ2n) is 3.79.